The first-order valence-corrected chi connectivity index (χ1v) is 9.65. The van der Waals surface area contributed by atoms with Crippen molar-refractivity contribution < 1.29 is 24.4 Å². The molecule has 1 amide bonds. The van der Waals surface area contributed by atoms with Gasteiger partial charge in [-0.1, -0.05) is 19.1 Å². The number of amides is 1. The van der Waals surface area contributed by atoms with Crippen molar-refractivity contribution in [1.82, 2.24) is 4.90 Å². The first-order valence-electron chi connectivity index (χ1n) is 9.65. The summed E-state index contributed by atoms with van der Waals surface area (Å²) < 4.78 is 5.54. The van der Waals surface area contributed by atoms with Crippen LogP contribution in [0.1, 0.15) is 37.4 Å². The van der Waals surface area contributed by atoms with Gasteiger partial charge in [0.25, 0.3) is 17.4 Å². The van der Waals surface area contributed by atoms with Crippen molar-refractivity contribution in [1.29, 1.82) is 0 Å². The fourth-order valence-electron chi connectivity index (χ4n) is 3.54. The van der Waals surface area contributed by atoms with Gasteiger partial charge in [-0.15, -0.1) is 0 Å². The number of hydrogen-bond acceptors (Lipinski definition) is 6. The van der Waals surface area contributed by atoms with Crippen molar-refractivity contribution in [3.8, 4) is 5.75 Å². The fourth-order valence-corrected chi connectivity index (χ4v) is 3.54. The lowest BCUT2D eigenvalue weighted by molar-refractivity contribution is -0.384. The van der Waals surface area contributed by atoms with E-state index in [0.717, 1.165) is 0 Å². The number of benzene rings is 2. The number of nitro groups is 1. The molecule has 1 heterocycles. The first kappa shape index (κ1) is 21.0. The number of ketones is 1. The largest absolute Gasteiger partial charge is 0.507 e. The number of non-ortho nitro benzene ring substituents is 1. The highest BCUT2D eigenvalue weighted by atomic mass is 16.6. The van der Waals surface area contributed by atoms with E-state index in [9.17, 15) is 24.8 Å². The van der Waals surface area contributed by atoms with Gasteiger partial charge in [0.15, 0.2) is 0 Å². The van der Waals surface area contributed by atoms with Crippen LogP contribution in [0.2, 0.25) is 0 Å². The molecule has 3 rings (SSSR count). The molecule has 8 heteroatoms. The van der Waals surface area contributed by atoms with Crippen molar-refractivity contribution >= 4 is 23.1 Å². The van der Waals surface area contributed by atoms with Gasteiger partial charge in [-0.2, -0.15) is 0 Å². The summed E-state index contributed by atoms with van der Waals surface area (Å²) in [7, 11) is 0. The van der Waals surface area contributed by atoms with E-state index in [1.165, 1.54) is 29.2 Å². The summed E-state index contributed by atoms with van der Waals surface area (Å²) >= 11 is 0. The Morgan fingerprint density at radius 1 is 1.17 bits per heavy atom. The zero-order valence-electron chi connectivity index (χ0n) is 16.7. The van der Waals surface area contributed by atoms with Crippen LogP contribution in [0.25, 0.3) is 5.76 Å². The van der Waals surface area contributed by atoms with Crippen molar-refractivity contribution in [3.05, 3.63) is 75.3 Å². The molecule has 0 bridgehead atoms. The molecule has 1 aliphatic rings. The van der Waals surface area contributed by atoms with Gasteiger partial charge >= 0.3 is 0 Å². The van der Waals surface area contributed by atoms with Crippen molar-refractivity contribution in [3.63, 3.8) is 0 Å². The number of nitro benzene ring substituents is 1. The molecule has 2 aromatic carbocycles. The Morgan fingerprint density at radius 2 is 1.87 bits per heavy atom. The van der Waals surface area contributed by atoms with Crippen LogP contribution in [0.4, 0.5) is 5.69 Å². The molecule has 8 nitrogen and oxygen atoms in total. The molecule has 0 aliphatic carbocycles. The molecule has 1 N–H and O–H groups in total. The van der Waals surface area contributed by atoms with E-state index < -0.39 is 22.7 Å². The average Bonchev–Trinajstić information content (AvgIpc) is 2.99. The van der Waals surface area contributed by atoms with Crippen LogP contribution >= 0.6 is 0 Å². The number of carbonyl (C=O) groups is 2. The van der Waals surface area contributed by atoms with E-state index in [-0.39, 0.29) is 22.6 Å². The lowest BCUT2D eigenvalue weighted by Crippen LogP contribution is -2.30. The van der Waals surface area contributed by atoms with Crippen LogP contribution < -0.4 is 4.74 Å². The van der Waals surface area contributed by atoms with Crippen LogP contribution in [0.15, 0.2) is 54.1 Å². The predicted octanol–water partition coefficient (Wildman–Crippen LogP) is 3.83. The molecule has 2 aromatic rings. The molecular weight excluding hydrogens is 388 g/mol. The summed E-state index contributed by atoms with van der Waals surface area (Å²) in [5, 5.41) is 21.8. The standard InChI is InChI=1S/C22H22N2O6/c1-3-12-23-19(15-6-5-7-17(13-15)30-4-2)18(21(26)22(23)27)20(25)14-8-10-16(11-9-14)24(28)29/h5-11,13,19,25H,3-4,12H2,1-2H3/b20-18+. The number of hydrogen-bond donors (Lipinski definition) is 1. The Bertz CT molecular complexity index is 1010. The normalized spacial score (nSPS) is 17.9. The molecule has 1 saturated heterocycles. The first-order chi connectivity index (χ1) is 14.4. The van der Waals surface area contributed by atoms with E-state index >= 15 is 0 Å². The number of aliphatic hydroxyl groups excluding tert-OH is 1. The maximum absolute atomic E-state index is 12.8. The van der Waals surface area contributed by atoms with E-state index in [4.69, 9.17) is 4.74 Å². The number of nitrogens with zero attached hydrogens (tertiary/aromatic N) is 2. The molecule has 1 aliphatic heterocycles. The number of rotatable bonds is 7. The number of Topliss-reactive ketones (excluding diaryl/α,β-unsaturated/α-hetero) is 1. The highest BCUT2D eigenvalue weighted by Crippen LogP contribution is 2.40. The zero-order valence-corrected chi connectivity index (χ0v) is 16.7. The zero-order chi connectivity index (χ0) is 21.8. The molecule has 0 radical (unpaired) electrons. The van der Waals surface area contributed by atoms with Crippen LogP contribution in [-0.4, -0.2) is 39.8 Å². The summed E-state index contributed by atoms with van der Waals surface area (Å²) in [6.07, 6.45) is 0.631. The van der Waals surface area contributed by atoms with E-state index in [2.05, 4.69) is 0 Å². The Balaban J connectivity index is 2.14. The predicted molar refractivity (Wildman–Crippen MR) is 110 cm³/mol. The molecular formula is C22H22N2O6. The molecule has 1 atom stereocenters. The van der Waals surface area contributed by atoms with Gasteiger partial charge in [0.2, 0.25) is 0 Å². The van der Waals surface area contributed by atoms with Gasteiger partial charge in [0.1, 0.15) is 11.5 Å². The fraction of sp³-hybridized carbons (Fsp3) is 0.273. The maximum atomic E-state index is 12.8. The summed E-state index contributed by atoms with van der Waals surface area (Å²) in [4.78, 5) is 37.3. The van der Waals surface area contributed by atoms with Crippen LogP contribution in [0, 0.1) is 10.1 Å². The van der Waals surface area contributed by atoms with E-state index in [1.54, 1.807) is 24.3 Å². The van der Waals surface area contributed by atoms with Crippen molar-refractivity contribution in [2.45, 2.75) is 26.3 Å². The number of ether oxygens (including phenoxy) is 1. The molecule has 156 valence electrons. The summed E-state index contributed by atoms with van der Waals surface area (Å²) in [6, 6.07) is 11.5. The summed E-state index contributed by atoms with van der Waals surface area (Å²) in [5.41, 5.74) is 0.674. The molecule has 0 spiro atoms. The van der Waals surface area contributed by atoms with Gasteiger partial charge in [-0.05, 0) is 43.2 Å². The Morgan fingerprint density at radius 3 is 2.47 bits per heavy atom. The van der Waals surface area contributed by atoms with Gasteiger partial charge in [-0.25, -0.2) is 0 Å². The van der Waals surface area contributed by atoms with Gasteiger partial charge < -0.3 is 14.7 Å². The van der Waals surface area contributed by atoms with Crippen molar-refractivity contribution in [2.24, 2.45) is 0 Å². The quantitative estimate of drug-likeness (QED) is 0.244. The second-order valence-corrected chi connectivity index (χ2v) is 6.80. The molecule has 0 aromatic heterocycles. The average molecular weight is 410 g/mol. The lowest BCUT2D eigenvalue weighted by Gasteiger charge is -2.25. The summed E-state index contributed by atoms with van der Waals surface area (Å²) in [5.74, 6) is -1.25. The number of aliphatic hydroxyl groups is 1. The maximum Gasteiger partial charge on any atom is 0.295 e. The second-order valence-electron chi connectivity index (χ2n) is 6.80. The highest BCUT2D eigenvalue weighted by molar-refractivity contribution is 6.46. The third-order valence-corrected chi connectivity index (χ3v) is 4.84. The minimum atomic E-state index is -0.786. The highest BCUT2D eigenvalue weighted by Gasteiger charge is 2.45. The second kappa shape index (κ2) is 8.77. The number of likely N-dealkylation sites (tertiary alicyclic amines) is 1. The van der Waals surface area contributed by atoms with Crippen LogP contribution in [-0.2, 0) is 9.59 Å². The SMILES string of the molecule is CCCN1C(=O)C(=O)/C(=C(/O)c2ccc([N+](=O)[O-])cc2)C1c1cccc(OCC)c1. The molecule has 30 heavy (non-hydrogen) atoms. The van der Waals surface area contributed by atoms with E-state index in [0.29, 0.717) is 30.9 Å². The van der Waals surface area contributed by atoms with Gasteiger partial charge in [0, 0.05) is 24.2 Å². The Labute approximate surface area is 173 Å². The molecule has 0 saturated carbocycles. The third kappa shape index (κ3) is 3.89. The molecule has 1 unspecified atom stereocenters. The van der Waals surface area contributed by atoms with Gasteiger partial charge in [-0.3, -0.25) is 19.7 Å². The lowest BCUT2D eigenvalue weighted by atomic mass is 9.95. The minimum absolute atomic E-state index is 0.0454. The van der Waals surface area contributed by atoms with E-state index in [1.807, 2.05) is 13.8 Å². The summed E-state index contributed by atoms with van der Waals surface area (Å²) in [6.45, 7) is 4.54. The van der Waals surface area contributed by atoms with Crippen LogP contribution in [0.5, 0.6) is 5.75 Å². The monoisotopic (exact) mass is 410 g/mol. The Kier molecular flexibility index (Phi) is 6.15. The van der Waals surface area contributed by atoms with Crippen molar-refractivity contribution in [2.75, 3.05) is 13.2 Å². The number of carbonyl (C=O) groups excluding carboxylic acids is 2. The van der Waals surface area contributed by atoms with Crippen LogP contribution in [0.3, 0.4) is 0 Å². The molecule has 1 fully saturated rings. The Hall–Kier alpha value is -3.68. The third-order valence-electron chi connectivity index (χ3n) is 4.84. The topological polar surface area (TPSA) is 110 Å². The smallest absolute Gasteiger partial charge is 0.295 e. The van der Waals surface area contributed by atoms with Gasteiger partial charge in [0.05, 0.1) is 23.1 Å². The minimum Gasteiger partial charge on any atom is -0.507 e.